The monoisotopic (exact) mass is 240 g/mol. The minimum Gasteiger partial charge on any atom is -0.389 e. The van der Waals surface area contributed by atoms with Crippen molar-refractivity contribution >= 4 is 0 Å². The molecule has 0 heterocycles. The van der Waals surface area contributed by atoms with Crippen molar-refractivity contribution < 1.29 is 18.3 Å². The molecule has 0 aromatic rings. The first kappa shape index (κ1) is 13.7. The number of likely N-dealkylation sites (N-methyl/N-ethyl adjacent to an activating group) is 1. The summed E-state index contributed by atoms with van der Waals surface area (Å²) in [5.74, 6) is 0. The van der Waals surface area contributed by atoms with Gasteiger partial charge in [-0.25, -0.2) is 0 Å². The lowest BCUT2D eigenvalue weighted by molar-refractivity contribution is -0.183. The Hall–Kier alpha value is -0.330. The zero-order valence-corrected chi connectivity index (χ0v) is 9.43. The Balaban J connectivity index is 2.59. The summed E-state index contributed by atoms with van der Waals surface area (Å²) in [5, 5.41) is 10.0. The van der Waals surface area contributed by atoms with Crippen LogP contribution in [-0.4, -0.2) is 48.0 Å². The molecule has 1 fully saturated rings. The second kappa shape index (κ2) is 4.89. The Kier molecular flexibility index (Phi) is 4.20. The van der Waals surface area contributed by atoms with Gasteiger partial charge >= 0.3 is 6.18 Å². The maximum Gasteiger partial charge on any atom is 0.405 e. The van der Waals surface area contributed by atoms with Crippen LogP contribution in [0.2, 0.25) is 0 Å². The van der Waals surface area contributed by atoms with Gasteiger partial charge in [0.15, 0.2) is 0 Å². The van der Waals surface area contributed by atoms with Gasteiger partial charge in [-0.2, -0.15) is 13.2 Å². The lowest BCUT2D eigenvalue weighted by atomic mass is 10.0. The van der Waals surface area contributed by atoms with Gasteiger partial charge in [0.05, 0.1) is 5.60 Å². The van der Waals surface area contributed by atoms with Crippen LogP contribution in [0.25, 0.3) is 0 Å². The summed E-state index contributed by atoms with van der Waals surface area (Å²) >= 11 is 0. The average molecular weight is 240 g/mol. The second-order valence-corrected chi connectivity index (χ2v) is 4.64. The first-order chi connectivity index (χ1) is 7.28. The van der Waals surface area contributed by atoms with Crippen LogP contribution in [0, 0.1) is 0 Å². The summed E-state index contributed by atoms with van der Waals surface area (Å²) in [5.41, 5.74) is 4.17. The molecule has 0 aliphatic heterocycles. The molecule has 1 saturated carbocycles. The first-order valence-corrected chi connectivity index (χ1v) is 5.48. The second-order valence-electron chi connectivity index (χ2n) is 4.64. The maximum absolute atomic E-state index is 12.6. The fraction of sp³-hybridized carbons (Fsp3) is 1.00. The predicted octanol–water partition coefficient (Wildman–Crippen LogP) is 1.11. The molecule has 16 heavy (non-hydrogen) atoms. The van der Waals surface area contributed by atoms with Gasteiger partial charge in [-0.15, -0.1) is 0 Å². The zero-order valence-electron chi connectivity index (χ0n) is 9.43. The Morgan fingerprint density at radius 3 is 2.25 bits per heavy atom. The van der Waals surface area contributed by atoms with Crippen molar-refractivity contribution in [2.45, 2.75) is 43.5 Å². The van der Waals surface area contributed by atoms with E-state index in [1.165, 1.54) is 7.05 Å². The zero-order chi connectivity index (χ0) is 12.4. The van der Waals surface area contributed by atoms with Gasteiger partial charge in [-0.3, -0.25) is 4.90 Å². The molecule has 3 N–H and O–H groups in total. The van der Waals surface area contributed by atoms with Crippen LogP contribution in [0.1, 0.15) is 25.7 Å². The largest absolute Gasteiger partial charge is 0.405 e. The lowest BCUT2D eigenvalue weighted by Crippen LogP contribution is -2.53. The highest BCUT2D eigenvalue weighted by atomic mass is 19.4. The van der Waals surface area contributed by atoms with Crippen LogP contribution >= 0.6 is 0 Å². The van der Waals surface area contributed by atoms with E-state index in [-0.39, 0.29) is 6.54 Å². The van der Waals surface area contributed by atoms with Crippen LogP contribution < -0.4 is 5.73 Å². The molecular formula is C10H19F3N2O. The van der Waals surface area contributed by atoms with Crippen LogP contribution in [-0.2, 0) is 0 Å². The standard InChI is InChI=1S/C10H19F3N2O/c1-15(8(6-14)10(11,12)13)7-9(16)4-2-3-5-9/h8,16H,2-7,14H2,1H3. The highest BCUT2D eigenvalue weighted by molar-refractivity contribution is 4.89. The molecule has 96 valence electrons. The summed E-state index contributed by atoms with van der Waals surface area (Å²) in [6.45, 7) is -0.440. The number of hydrogen-bond acceptors (Lipinski definition) is 3. The van der Waals surface area contributed by atoms with Gasteiger partial charge in [-0.05, 0) is 19.9 Å². The van der Waals surface area contributed by atoms with E-state index in [2.05, 4.69) is 0 Å². The Labute approximate surface area is 93.4 Å². The van der Waals surface area contributed by atoms with Crippen molar-refractivity contribution in [1.29, 1.82) is 0 Å². The quantitative estimate of drug-likeness (QED) is 0.774. The molecule has 1 unspecified atom stereocenters. The van der Waals surface area contributed by atoms with Gasteiger partial charge in [-0.1, -0.05) is 12.8 Å². The summed E-state index contributed by atoms with van der Waals surface area (Å²) in [4.78, 5) is 1.12. The van der Waals surface area contributed by atoms with Crippen molar-refractivity contribution in [3.63, 3.8) is 0 Å². The average Bonchev–Trinajstić information content (AvgIpc) is 2.49. The normalized spacial score (nSPS) is 22.7. The van der Waals surface area contributed by atoms with Gasteiger partial charge in [0.25, 0.3) is 0 Å². The predicted molar refractivity (Wildman–Crippen MR) is 54.9 cm³/mol. The molecule has 0 aromatic heterocycles. The number of hydrogen-bond donors (Lipinski definition) is 2. The maximum atomic E-state index is 12.6. The Morgan fingerprint density at radius 1 is 1.38 bits per heavy atom. The Morgan fingerprint density at radius 2 is 1.88 bits per heavy atom. The molecule has 0 bridgehead atoms. The van der Waals surface area contributed by atoms with Crippen molar-refractivity contribution in [3.8, 4) is 0 Å². The SMILES string of the molecule is CN(CC1(O)CCCC1)C(CN)C(F)(F)F. The van der Waals surface area contributed by atoms with E-state index < -0.39 is 24.4 Å². The van der Waals surface area contributed by atoms with Crippen molar-refractivity contribution in [2.75, 3.05) is 20.1 Å². The highest BCUT2D eigenvalue weighted by Crippen LogP contribution is 2.32. The number of rotatable bonds is 4. The van der Waals surface area contributed by atoms with Crippen LogP contribution in [0.15, 0.2) is 0 Å². The third kappa shape index (κ3) is 3.33. The Bertz CT molecular complexity index is 227. The molecule has 1 aliphatic carbocycles. The summed E-state index contributed by atoms with van der Waals surface area (Å²) in [7, 11) is 1.36. The first-order valence-electron chi connectivity index (χ1n) is 5.48. The van der Waals surface area contributed by atoms with Gasteiger partial charge in [0.2, 0.25) is 0 Å². The van der Waals surface area contributed by atoms with E-state index in [0.717, 1.165) is 17.7 Å². The number of nitrogens with zero attached hydrogens (tertiary/aromatic N) is 1. The van der Waals surface area contributed by atoms with E-state index in [1.54, 1.807) is 0 Å². The van der Waals surface area contributed by atoms with E-state index in [0.29, 0.717) is 12.8 Å². The summed E-state index contributed by atoms with van der Waals surface area (Å²) < 4.78 is 37.7. The van der Waals surface area contributed by atoms with E-state index in [9.17, 15) is 18.3 Å². The molecule has 0 radical (unpaired) electrons. The fourth-order valence-corrected chi connectivity index (χ4v) is 2.33. The molecule has 6 heteroatoms. The third-order valence-corrected chi connectivity index (χ3v) is 3.21. The van der Waals surface area contributed by atoms with Crippen molar-refractivity contribution in [2.24, 2.45) is 5.73 Å². The number of alkyl halides is 3. The molecular weight excluding hydrogens is 221 g/mol. The number of halogens is 3. The molecule has 3 nitrogen and oxygen atoms in total. The summed E-state index contributed by atoms with van der Waals surface area (Å²) in [6.07, 6.45) is -1.43. The topological polar surface area (TPSA) is 49.5 Å². The molecule has 0 amide bonds. The molecule has 0 aromatic carbocycles. The molecule has 1 aliphatic rings. The van der Waals surface area contributed by atoms with Gasteiger partial charge < -0.3 is 10.8 Å². The fourth-order valence-electron chi connectivity index (χ4n) is 2.33. The summed E-state index contributed by atoms with van der Waals surface area (Å²) in [6, 6.07) is -1.67. The number of nitrogens with two attached hydrogens (primary N) is 1. The van der Waals surface area contributed by atoms with Crippen LogP contribution in [0.5, 0.6) is 0 Å². The highest BCUT2D eigenvalue weighted by Gasteiger charge is 2.44. The van der Waals surface area contributed by atoms with Crippen molar-refractivity contribution in [1.82, 2.24) is 4.90 Å². The molecule has 1 rings (SSSR count). The van der Waals surface area contributed by atoms with Crippen molar-refractivity contribution in [3.05, 3.63) is 0 Å². The van der Waals surface area contributed by atoms with E-state index in [4.69, 9.17) is 5.73 Å². The van der Waals surface area contributed by atoms with E-state index in [1.807, 2.05) is 0 Å². The van der Waals surface area contributed by atoms with Gasteiger partial charge in [0.1, 0.15) is 6.04 Å². The minimum atomic E-state index is -4.33. The lowest BCUT2D eigenvalue weighted by Gasteiger charge is -2.34. The molecule has 0 spiro atoms. The molecule has 0 saturated heterocycles. The minimum absolute atomic E-state index is 0.0361. The van der Waals surface area contributed by atoms with Gasteiger partial charge in [0, 0.05) is 13.1 Å². The third-order valence-electron chi connectivity index (χ3n) is 3.21. The van der Waals surface area contributed by atoms with Crippen LogP contribution in [0.4, 0.5) is 13.2 Å². The van der Waals surface area contributed by atoms with E-state index >= 15 is 0 Å². The molecule has 1 atom stereocenters. The van der Waals surface area contributed by atoms with Crippen LogP contribution in [0.3, 0.4) is 0 Å². The number of aliphatic hydroxyl groups is 1. The smallest absolute Gasteiger partial charge is 0.389 e.